The number of benzene rings is 2. The largest absolute Gasteiger partial charge is 0.320 e. The molecule has 2 aromatic carbocycles. The van der Waals surface area contributed by atoms with Crippen LogP contribution >= 0.6 is 0 Å². The van der Waals surface area contributed by atoms with Crippen molar-refractivity contribution in [3.63, 3.8) is 0 Å². The molecule has 1 fully saturated rings. The van der Waals surface area contributed by atoms with Crippen molar-refractivity contribution in [2.75, 3.05) is 25.0 Å². The molecule has 149 valence electrons. The maximum absolute atomic E-state index is 12.6. The second-order valence-electron chi connectivity index (χ2n) is 7.78. The Kier molecular flexibility index (Phi) is 10.6. The third-order valence-electron chi connectivity index (χ3n) is 5.96. The minimum atomic E-state index is 0. The Labute approximate surface area is 196 Å². The molecule has 1 atom stereocenters. The molecule has 1 heterocycles. The molecule has 0 saturated carbocycles. The average Bonchev–Trinajstić information content (AvgIpc) is 3.15. The first-order valence-corrected chi connectivity index (χ1v) is 10.1. The summed E-state index contributed by atoms with van der Waals surface area (Å²) in [4.78, 5) is 12.6. The molecule has 4 heteroatoms. The second-order valence-corrected chi connectivity index (χ2v) is 7.78. The number of anilines is 1. The van der Waals surface area contributed by atoms with Crippen LogP contribution in [0.25, 0.3) is 0 Å². The molecule has 1 radical (unpaired) electrons. The van der Waals surface area contributed by atoms with E-state index in [9.17, 15) is 4.79 Å². The molecule has 1 amide bonds. The van der Waals surface area contributed by atoms with Gasteiger partial charge in [0, 0.05) is 51.2 Å². The van der Waals surface area contributed by atoms with Crippen LogP contribution in [-0.2, 0) is 37.5 Å². The Morgan fingerprint density at radius 2 is 1.50 bits per heavy atom. The molecule has 1 unspecified atom stereocenters. The molecule has 1 N–H and O–H groups in total. The van der Waals surface area contributed by atoms with E-state index in [1.165, 1.54) is 18.4 Å². The summed E-state index contributed by atoms with van der Waals surface area (Å²) in [5.41, 5.74) is 4.57. The van der Waals surface area contributed by atoms with Gasteiger partial charge < -0.3 is 9.80 Å². The van der Waals surface area contributed by atoms with E-state index < -0.39 is 0 Å². The summed E-state index contributed by atoms with van der Waals surface area (Å²) in [7, 11) is 0. The standard InChI is InChI=1S/C17H26N2O.C7H8.Y/c1-5-19(11-6-7-12-19)15(4)17(20)18-16-13(2)9-8-10-14(16)3;1-7-5-3-2-4-6-7;/h8-10,15H,5-7,11-12H2,1-4H3;2-6H,1H3;/p+1. The number of carbonyl (C=O) groups excluding carboxylic acids is 1. The quantitative estimate of drug-likeness (QED) is 0.626. The van der Waals surface area contributed by atoms with Gasteiger partial charge in [0.05, 0.1) is 19.6 Å². The first-order valence-electron chi connectivity index (χ1n) is 10.1. The van der Waals surface area contributed by atoms with Gasteiger partial charge in [-0.3, -0.25) is 4.79 Å². The Bertz CT molecular complexity index is 719. The zero-order valence-electron chi connectivity index (χ0n) is 18.2. The number of quaternary nitrogens is 1. The number of nitrogens with zero attached hydrogens (tertiary/aromatic N) is 1. The Morgan fingerprint density at radius 3 is 1.93 bits per heavy atom. The van der Waals surface area contributed by atoms with E-state index in [4.69, 9.17) is 0 Å². The summed E-state index contributed by atoms with van der Waals surface area (Å²) in [5, 5.41) is 3.16. The average molecular weight is 456 g/mol. The Morgan fingerprint density at radius 1 is 0.964 bits per heavy atom. The van der Waals surface area contributed by atoms with Crippen molar-refractivity contribution < 1.29 is 42.0 Å². The van der Waals surface area contributed by atoms with Gasteiger partial charge in [0.1, 0.15) is 0 Å². The van der Waals surface area contributed by atoms with Crippen LogP contribution in [0, 0.1) is 20.8 Å². The van der Waals surface area contributed by atoms with Gasteiger partial charge in [-0.25, -0.2) is 0 Å². The maximum Gasteiger partial charge on any atom is 0.282 e. The monoisotopic (exact) mass is 456 g/mol. The fraction of sp³-hybridized carbons (Fsp3) is 0.458. The van der Waals surface area contributed by atoms with E-state index in [2.05, 4.69) is 38.2 Å². The van der Waals surface area contributed by atoms with Crippen LogP contribution in [0.2, 0.25) is 0 Å². The van der Waals surface area contributed by atoms with E-state index in [0.717, 1.165) is 40.9 Å². The van der Waals surface area contributed by atoms with E-state index in [1.807, 2.05) is 50.2 Å². The van der Waals surface area contributed by atoms with E-state index in [0.29, 0.717) is 0 Å². The van der Waals surface area contributed by atoms with Crippen molar-refractivity contribution in [2.45, 2.75) is 53.5 Å². The fourth-order valence-electron chi connectivity index (χ4n) is 3.96. The number of amides is 1. The molecule has 0 bridgehead atoms. The van der Waals surface area contributed by atoms with Crippen molar-refractivity contribution in [1.29, 1.82) is 0 Å². The zero-order valence-corrected chi connectivity index (χ0v) is 21.0. The molecular formula is C24H35N2OY+. The van der Waals surface area contributed by atoms with Gasteiger partial charge in [0.2, 0.25) is 0 Å². The number of rotatable bonds is 4. The number of carbonyl (C=O) groups is 1. The summed E-state index contributed by atoms with van der Waals surface area (Å²) in [5.74, 6) is 0.158. The van der Waals surface area contributed by atoms with E-state index >= 15 is 0 Å². The molecule has 3 rings (SSSR count). The topological polar surface area (TPSA) is 29.1 Å². The number of likely N-dealkylation sites (N-methyl/N-ethyl adjacent to an activating group) is 1. The van der Waals surface area contributed by atoms with Gasteiger partial charge in [-0.15, -0.1) is 0 Å². The van der Waals surface area contributed by atoms with Crippen LogP contribution in [0.1, 0.15) is 43.4 Å². The van der Waals surface area contributed by atoms with Gasteiger partial charge >= 0.3 is 0 Å². The first-order chi connectivity index (χ1) is 12.9. The van der Waals surface area contributed by atoms with Crippen LogP contribution < -0.4 is 5.32 Å². The van der Waals surface area contributed by atoms with Crippen LogP contribution in [0.3, 0.4) is 0 Å². The predicted octanol–water partition coefficient (Wildman–Crippen LogP) is 5.25. The van der Waals surface area contributed by atoms with Gasteiger partial charge in [-0.05, 0) is 45.7 Å². The van der Waals surface area contributed by atoms with Gasteiger partial charge in [-0.2, -0.15) is 0 Å². The molecule has 0 spiro atoms. The van der Waals surface area contributed by atoms with Gasteiger partial charge in [0.25, 0.3) is 5.91 Å². The van der Waals surface area contributed by atoms with Crippen molar-refractivity contribution in [2.24, 2.45) is 0 Å². The summed E-state index contributed by atoms with van der Waals surface area (Å²) in [6.45, 7) is 13.8. The number of para-hydroxylation sites is 1. The Balaban J connectivity index is 0.000000414. The van der Waals surface area contributed by atoms with Crippen LogP contribution in [0.5, 0.6) is 0 Å². The van der Waals surface area contributed by atoms with Crippen molar-refractivity contribution in [3.8, 4) is 0 Å². The Hall–Kier alpha value is -1.03. The number of hydrogen-bond donors (Lipinski definition) is 1. The zero-order chi connectivity index (χ0) is 19.9. The summed E-state index contributed by atoms with van der Waals surface area (Å²) >= 11 is 0. The molecule has 28 heavy (non-hydrogen) atoms. The molecule has 0 aromatic heterocycles. The second kappa shape index (κ2) is 11.9. The van der Waals surface area contributed by atoms with Crippen LogP contribution in [-0.4, -0.2) is 36.1 Å². The summed E-state index contributed by atoms with van der Waals surface area (Å²) in [6.07, 6.45) is 2.49. The molecule has 2 aromatic rings. The van der Waals surface area contributed by atoms with Crippen molar-refractivity contribution in [1.82, 2.24) is 0 Å². The molecule has 0 aliphatic carbocycles. The molecule has 3 nitrogen and oxygen atoms in total. The minimum Gasteiger partial charge on any atom is -0.320 e. The maximum atomic E-state index is 12.6. The molecule has 1 saturated heterocycles. The summed E-state index contributed by atoms with van der Waals surface area (Å²) in [6, 6.07) is 16.4. The van der Waals surface area contributed by atoms with E-state index in [-0.39, 0.29) is 44.7 Å². The number of nitrogens with one attached hydrogen (secondary N) is 1. The SMILES string of the molecule is CC[N+]1(C(C)C(=O)Nc2c(C)cccc2C)CCCC1.Cc1ccccc1.[Y]. The molecule has 1 aliphatic heterocycles. The predicted molar refractivity (Wildman–Crippen MR) is 115 cm³/mol. The molecule has 1 aliphatic rings. The van der Waals surface area contributed by atoms with Crippen molar-refractivity contribution >= 4 is 11.6 Å². The third-order valence-corrected chi connectivity index (χ3v) is 5.96. The number of aryl methyl sites for hydroxylation is 3. The summed E-state index contributed by atoms with van der Waals surface area (Å²) < 4.78 is 0.941. The number of hydrogen-bond acceptors (Lipinski definition) is 1. The minimum absolute atomic E-state index is 0. The fourth-order valence-corrected chi connectivity index (χ4v) is 3.96. The van der Waals surface area contributed by atoms with Gasteiger partial charge in [0.15, 0.2) is 6.04 Å². The van der Waals surface area contributed by atoms with Crippen LogP contribution in [0.15, 0.2) is 48.5 Å². The molecular weight excluding hydrogens is 421 g/mol. The van der Waals surface area contributed by atoms with Crippen molar-refractivity contribution in [3.05, 3.63) is 65.2 Å². The normalized spacial score (nSPS) is 15.6. The smallest absolute Gasteiger partial charge is 0.282 e. The third kappa shape index (κ3) is 6.51. The van der Waals surface area contributed by atoms with Crippen LogP contribution in [0.4, 0.5) is 5.69 Å². The van der Waals surface area contributed by atoms with E-state index in [1.54, 1.807) is 0 Å². The number of likely N-dealkylation sites (tertiary alicyclic amines) is 1. The first kappa shape index (κ1) is 25.0. The van der Waals surface area contributed by atoms with Gasteiger partial charge in [-0.1, -0.05) is 54.1 Å².